The molecule has 2 rings (SSSR count). The van der Waals surface area contributed by atoms with Crippen molar-refractivity contribution in [3.05, 3.63) is 42.5 Å². The van der Waals surface area contributed by atoms with Gasteiger partial charge in [-0.15, -0.1) is 6.58 Å². The maximum Gasteiger partial charge on any atom is 0.253 e. The van der Waals surface area contributed by atoms with E-state index in [0.717, 1.165) is 31.6 Å². The minimum absolute atomic E-state index is 0.0859. The van der Waals surface area contributed by atoms with E-state index < -0.39 is 0 Å². The van der Waals surface area contributed by atoms with Gasteiger partial charge in [0, 0.05) is 30.9 Å². The van der Waals surface area contributed by atoms with E-state index in [0.29, 0.717) is 12.1 Å². The first-order valence-corrected chi connectivity index (χ1v) is 7.21. The molecule has 21 heavy (non-hydrogen) atoms. The average molecular weight is 287 g/mol. The zero-order chi connectivity index (χ0) is 15.1. The summed E-state index contributed by atoms with van der Waals surface area (Å²) >= 11 is 0. The molecule has 0 atom stereocenters. The second-order valence-electron chi connectivity index (χ2n) is 5.02. The number of benzene rings is 1. The van der Waals surface area contributed by atoms with E-state index in [1.807, 2.05) is 17.0 Å². The van der Waals surface area contributed by atoms with Crippen LogP contribution in [0.3, 0.4) is 0 Å². The Kier molecular flexibility index (Phi) is 5.37. The molecule has 0 spiro atoms. The van der Waals surface area contributed by atoms with Gasteiger partial charge in [-0.25, -0.2) is 0 Å². The largest absolute Gasteiger partial charge is 0.376 e. The zero-order valence-electron chi connectivity index (χ0n) is 12.1. The van der Waals surface area contributed by atoms with Gasteiger partial charge in [0.05, 0.1) is 6.54 Å². The number of likely N-dealkylation sites (tertiary alicyclic amines) is 1. The summed E-state index contributed by atoms with van der Waals surface area (Å²) in [5.74, 6) is -0.00473. The molecule has 0 aliphatic carbocycles. The fourth-order valence-electron chi connectivity index (χ4n) is 2.26. The molecule has 0 bridgehead atoms. The predicted octanol–water partition coefficient (Wildman–Crippen LogP) is 1.64. The molecule has 5 nitrogen and oxygen atoms in total. The van der Waals surface area contributed by atoms with Crippen molar-refractivity contribution in [1.29, 1.82) is 0 Å². The number of nitrogens with one attached hydrogen (secondary N) is 2. The van der Waals surface area contributed by atoms with Crippen molar-refractivity contribution in [2.45, 2.75) is 12.8 Å². The lowest BCUT2D eigenvalue weighted by Gasteiger charge is -2.15. The summed E-state index contributed by atoms with van der Waals surface area (Å²) in [6.07, 6.45) is 3.81. The normalized spacial score (nSPS) is 13.8. The van der Waals surface area contributed by atoms with Crippen LogP contribution in [-0.4, -0.2) is 42.9 Å². The molecule has 112 valence electrons. The lowest BCUT2D eigenvalue weighted by molar-refractivity contribution is -0.119. The van der Waals surface area contributed by atoms with Gasteiger partial charge in [-0.3, -0.25) is 9.59 Å². The third-order valence-electron chi connectivity index (χ3n) is 3.42. The van der Waals surface area contributed by atoms with E-state index in [1.54, 1.807) is 18.2 Å². The molecular formula is C16H21N3O2. The Morgan fingerprint density at radius 2 is 1.86 bits per heavy atom. The summed E-state index contributed by atoms with van der Waals surface area (Å²) in [5, 5.41) is 5.71. The molecule has 1 aliphatic rings. The fraction of sp³-hybridized carbons (Fsp3) is 0.375. The van der Waals surface area contributed by atoms with Crippen molar-refractivity contribution < 1.29 is 9.59 Å². The minimum Gasteiger partial charge on any atom is -0.376 e. The maximum atomic E-state index is 12.2. The Morgan fingerprint density at radius 1 is 1.19 bits per heavy atom. The van der Waals surface area contributed by atoms with Crippen molar-refractivity contribution in [3.8, 4) is 0 Å². The lowest BCUT2D eigenvalue weighted by Crippen LogP contribution is -2.29. The number of hydrogen-bond donors (Lipinski definition) is 2. The quantitative estimate of drug-likeness (QED) is 0.782. The van der Waals surface area contributed by atoms with E-state index in [4.69, 9.17) is 0 Å². The van der Waals surface area contributed by atoms with Crippen molar-refractivity contribution >= 4 is 17.5 Å². The Hall–Kier alpha value is -2.30. The van der Waals surface area contributed by atoms with Gasteiger partial charge in [0.1, 0.15) is 0 Å². The van der Waals surface area contributed by atoms with Crippen LogP contribution in [0.5, 0.6) is 0 Å². The molecule has 1 saturated heterocycles. The van der Waals surface area contributed by atoms with Gasteiger partial charge >= 0.3 is 0 Å². The number of carbonyl (C=O) groups excluding carboxylic acids is 2. The van der Waals surface area contributed by atoms with Crippen LogP contribution in [-0.2, 0) is 4.79 Å². The highest BCUT2D eigenvalue weighted by Gasteiger charge is 2.19. The second kappa shape index (κ2) is 7.47. The average Bonchev–Trinajstić information content (AvgIpc) is 3.05. The fourth-order valence-corrected chi connectivity index (χ4v) is 2.26. The van der Waals surface area contributed by atoms with Gasteiger partial charge in [0.25, 0.3) is 5.91 Å². The molecule has 0 saturated carbocycles. The number of rotatable bonds is 6. The van der Waals surface area contributed by atoms with Crippen LogP contribution in [0.4, 0.5) is 5.69 Å². The Bertz CT molecular complexity index is 505. The van der Waals surface area contributed by atoms with Crippen molar-refractivity contribution in [2.24, 2.45) is 0 Å². The molecule has 1 fully saturated rings. The molecule has 5 heteroatoms. The van der Waals surface area contributed by atoms with Crippen LogP contribution in [0, 0.1) is 0 Å². The topological polar surface area (TPSA) is 61.4 Å². The van der Waals surface area contributed by atoms with Crippen molar-refractivity contribution in [2.75, 3.05) is 31.5 Å². The van der Waals surface area contributed by atoms with Gasteiger partial charge in [0.15, 0.2) is 0 Å². The number of nitrogens with zero attached hydrogens (tertiary/aromatic N) is 1. The molecular weight excluding hydrogens is 266 g/mol. The summed E-state index contributed by atoms with van der Waals surface area (Å²) in [4.78, 5) is 25.5. The van der Waals surface area contributed by atoms with E-state index in [1.165, 1.54) is 0 Å². The molecule has 2 amide bonds. The number of amides is 2. The SMILES string of the molecule is C=CCNC(=O)CNc1ccc(C(=O)N2CCCC2)cc1. The number of anilines is 1. The third kappa shape index (κ3) is 4.34. The van der Waals surface area contributed by atoms with Gasteiger partial charge in [-0.1, -0.05) is 6.08 Å². The van der Waals surface area contributed by atoms with E-state index in [-0.39, 0.29) is 18.4 Å². The highest BCUT2D eigenvalue weighted by molar-refractivity contribution is 5.94. The summed E-state index contributed by atoms with van der Waals surface area (Å²) < 4.78 is 0. The van der Waals surface area contributed by atoms with Gasteiger partial charge in [-0.2, -0.15) is 0 Å². The standard InChI is InChI=1S/C16H21N3O2/c1-2-9-17-15(20)12-18-14-7-5-13(6-8-14)16(21)19-10-3-4-11-19/h2,5-8,18H,1,3-4,9-12H2,(H,17,20). The molecule has 1 heterocycles. The second-order valence-corrected chi connectivity index (χ2v) is 5.02. The van der Waals surface area contributed by atoms with Crippen LogP contribution in [0.25, 0.3) is 0 Å². The van der Waals surface area contributed by atoms with Gasteiger partial charge < -0.3 is 15.5 Å². The first-order chi connectivity index (χ1) is 10.2. The molecule has 1 aromatic rings. The van der Waals surface area contributed by atoms with Gasteiger partial charge in [-0.05, 0) is 37.1 Å². The predicted molar refractivity (Wildman–Crippen MR) is 83.3 cm³/mol. The lowest BCUT2D eigenvalue weighted by atomic mass is 10.2. The Labute approximate surface area is 125 Å². The smallest absolute Gasteiger partial charge is 0.253 e. The first kappa shape index (κ1) is 15.1. The van der Waals surface area contributed by atoms with Crippen LogP contribution in [0.1, 0.15) is 23.2 Å². The van der Waals surface area contributed by atoms with Crippen LogP contribution in [0.2, 0.25) is 0 Å². The molecule has 2 N–H and O–H groups in total. The van der Waals surface area contributed by atoms with Crippen molar-refractivity contribution in [3.63, 3.8) is 0 Å². The molecule has 0 unspecified atom stereocenters. The van der Waals surface area contributed by atoms with Crippen LogP contribution >= 0.6 is 0 Å². The maximum absolute atomic E-state index is 12.2. The minimum atomic E-state index is -0.0906. The summed E-state index contributed by atoms with van der Waals surface area (Å²) in [5.41, 5.74) is 1.51. The van der Waals surface area contributed by atoms with E-state index in [9.17, 15) is 9.59 Å². The number of carbonyl (C=O) groups is 2. The summed E-state index contributed by atoms with van der Waals surface area (Å²) in [6.45, 7) is 5.90. The highest BCUT2D eigenvalue weighted by Crippen LogP contribution is 2.15. The zero-order valence-corrected chi connectivity index (χ0v) is 12.1. The number of hydrogen-bond acceptors (Lipinski definition) is 3. The third-order valence-corrected chi connectivity index (χ3v) is 3.42. The van der Waals surface area contributed by atoms with E-state index in [2.05, 4.69) is 17.2 Å². The van der Waals surface area contributed by atoms with Gasteiger partial charge in [0.2, 0.25) is 5.91 Å². The first-order valence-electron chi connectivity index (χ1n) is 7.21. The Balaban J connectivity index is 1.85. The van der Waals surface area contributed by atoms with E-state index >= 15 is 0 Å². The molecule has 1 aromatic carbocycles. The summed E-state index contributed by atoms with van der Waals surface area (Å²) in [6, 6.07) is 7.24. The Morgan fingerprint density at radius 3 is 2.48 bits per heavy atom. The molecule has 1 aliphatic heterocycles. The van der Waals surface area contributed by atoms with Crippen LogP contribution < -0.4 is 10.6 Å². The molecule has 0 aromatic heterocycles. The van der Waals surface area contributed by atoms with Crippen molar-refractivity contribution in [1.82, 2.24) is 10.2 Å². The van der Waals surface area contributed by atoms with Crippen LogP contribution in [0.15, 0.2) is 36.9 Å². The summed E-state index contributed by atoms with van der Waals surface area (Å²) in [7, 11) is 0. The highest BCUT2D eigenvalue weighted by atomic mass is 16.2. The monoisotopic (exact) mass is 287 g/mol. The molecule has 0 radical (unpaired) electrons.